The highest BCUT2D eigenvalue weighted by molar-refractivity contribution is 6.25. The lowest BCUT2D eigenvalue weighted by atomic mass is 9.20. The lowest BCUT2D eigenvalue weighted by molar-refractivity contribution is -0.359. The maximum atomic E-state index is 8.95. The molecule has 1 fully saturated rings. The van der Waals surface area contributed by atoms with Crippen molar-refractivity contribution < 1.29 is 0 Å². The van der Waals surface area contributed by atoms with Gasteiger partial charge in [0.05, 0.1) is 4.87 Å². The zero-order chi connectivity index (χ0) is 29.9. The molecule has 0 radical (unpaired) electrons. The van der Waals surface area contributed by atoms with E-state index in [1.54, 1.807) is 0 Å². The molecule has 0 N–H and O–H groups in total. The quantitative estimate of drug-likeness (QED) is 0.242. The predicted octanol–water partition coefficient (Wildman–Crippen LogP) is 12.1. The summed E-state index contributed by atoms with van der Waals surface area (Å²) < 4.78 is 0. The van der Waals surface area contributed by atoms with Crippen molar-refractivity contribution in [2.75, 3.05) is 0 Å². The van der Waals surface area contributed by atoms with Crippen LogP contribution in [0.25, 0.3) is 0 Å². The molecular formula is C36H71Cl. The molecule has 1 rings (SSSR count). The normalized spacial score (nSPS) is 27.5. The van der Waals surface area contributed by atoms with E-state index in [2.05, 4.69) is 138 Å². The molecule has 0 unspecified atom stereocenters. The second kappa shape index (κ2) is 11.3. The first-order valence-electron chi connectivity index (χ1n) is 16.2. The molecule has 0 aromatic carbocycles. The van der Waals surface area contributed by atoms with Crippen LogP contribution in [-0.4, -0.2) is 4.87 Å². The van der Waals surface area contributed by atoms with E-state index in [0.29, 0.717) is 65.1 Å². The Kier molecular flexibility index (Phi) is 10.8. The van der Waals surface area contributed by atoms with Crippen LogP contribution in [0.2, 0.25) is 0 Å². The Morgan fingerprint density at radius 1 is 0.351 bits per heavy atom. The molecule has 0 amide bonds. The molecule has 0 aromatic heterocycles. The largest absolute Gasteiger partial charge is 0.118 e. The first-order chi connectivity index (χ1) is 16.6. The summed E-state index contributed by atoms with van der Waals surface area (Å²) in [5, 5.41) is 0. The van der Waals surface area contributed by atoms with Gasteiger partial charge in [-0.05, 0) is 75.9 Å². The van der Waals surface area contributed by atoms with Crippen molar-refractivity contribution in [3.8, 4) is 0 Å². The highest BCUT2D eigenvalue weighted by Crippen LogP contribution is 2.87. The van der Waals surface area contributed by atoms with Crippen LogP contribution in [0.15, 0.2) is 0 Å². The van der Waals surface area contributed by atoms with Gasteiger partial charge in [0.25, 0.3) is 0 Å². The monoisotopic (exact) mass is 539 g/mol. The smallest absolute Gasteiger partial charge is 0.0602 e. The summed E-state index contributed by atoms with van der Waals surface area (Å²) in [6.07, 6.45) is 0. The van der Waals surface area contributed by atoms with Gasteiger partial charge < -0.3 is 0 Å². The van der Waals surface area contributed by atoms with Crippen molar-refractivity contribution in [3.05, 3.63) is 0 Å². The number of hydrogen-bond acceptors (Lipinski definition) is 0. The van der Waals surface area contributed by atoms with Crippen LogP contribution in [-0.2, 0) is 0 Å². The third-order valence-corrected chi connectivity index (χ3v) is 13.7. The summed E-state index contributed by atoms with van der Waals surface area (Å²) in [5.41, 5.74) is 0.0678. The van der Waals surface area contributed by atoms with Crippen LogP contribution in [0.5, 0.6) is 0 Å². The number of alkyl halides is 1. The summed E-state index contributed by atoms with van der Waals surface area (Å²) in [6.45, 7) is 51.0. The minimum Gasteiger partial charge on any atom is -0.118 e. The average molecular weight is 539 g/mol. The van der Waals surface area contributed by atoms with Crippen LogP contribution in [0.3, 0.4) is 0 Å². The van der Waals surface area contributed by atoms with Crippen molar-refractivity contribution in [1.82, 2.24) is 0 Å². The van der Waals surface area contributed by atoms with Crippen LogP contribution < -0.4 is 0 Å². The van der Waals surface area contributed by atoms with Crippen molar-refractivity contribution in [2.45, 2.75) is 143 Å². The SMILES string of the molecule is CC(C)C1C(C(C)C)(C(C)C)C(C(C)C)(C(C)C)C(Cl)(C(C)C)C(C(C)C)(C(C)C)C1(C(C)C)C(C)C. The molecule has 0 nitrogen and oxygen atoms in total. The maximum absolute atomic E-state index is 8.95. The van der Waals surface area contributed by atoms with Crippen LogP contribution in [0.1, 0.15) is 138 Å². The number of hydrogen-bond donors (Lipinski definition) is 0. The standard InChI is InChI=1S/C36H71Cl/c1-21(2)31-32(22(3)4,23(5)6)34(26(11)12,27(13)14)36(37,30(19)20)35(28(15)16,29(17)18)33(31,24(7)8)25(9)10/h21-31H,1-20H3. The van der Waals surface area contributed by atoms with E-state index in [0.717, 1.165) is 0 Å². The van der Waals surface area contributed by atoms with Gasteiger partial charge in [-0.1, -0.05) is 138 Å². The van der Waals surface area contributed by atoms with Crippen molar-refractivity contribution in [2.24, 2.45) is 86.8 Å². The maximum Gasteiger partial charge on any atom is 0.0602 e. The minimum absolute atomic E-state index is 0.0468. The summed E-state index contributed by atoms with van der Waals surface area (Å²) in [5.74, 6) is 5.43. The second-order valence-corrected chi connectivity index (χ2v) is 17.0. The molecule has 0 aliphatic heterocycles. The third kappa shape index (κ3) is 3.78. The lowest BCUT2D eigenvalue weighted by Gasteiger charge is -2.86. The first kappa shape index (κ1) is 35.3. The molecular weight excluding hydrogens is 468 g/mol. The van der Waals surface area contributed by atoms with Gasteiger partial charge in [0.1, 0.15) is 0 Å². The van der Waals surface area contributed by atoms with Crippen LogP contribution in [0, 0.1) is 86.8 Å². The Balaban J connectivity index is 5.13. The molecule has 0 atom stereocenters. The Morgan fingerprint density at radius 2 is 0.568 bits per heavy atom. The Bertz CT molecular complexity index is 646. The number of rotatable bonds is 10. The Labute approximate surface area is 241 Å². The van der Waals surface area contributed by atoms with E-state index in [1.165, 1.54) is 0 Å². The fourth-order valence-electron chi connectivity index (χ4n) is 13.6. The van der Waals surface area contributed by atoms with Crippen molar-refractivity contribution in [1.29, 1.82) is 0 Å². The highest BCUT2D eigenvalue weighted by atomic mass is 35.5. The van der Waals surface area contributed by atoms with E-state index in [-0.39, 0.29) is 26.5 Å². The van der Waals surface area contributed by atoms with Gasteiger partial charge >= 0.3 is 0 Å². The zero-order valence-electron chi connectivity index (χ0n) is 29.2. The van der Waals surface area contributed by atoms with Gasteiger partial charge in [-0.25, -0.2) is 0 Å². The molecule has 1 heteroatoms. The summed E-state index contributed by atoms with van der Waals surface area (Å²) >= 11 is 8.95. The van der Waals surface area contributed by atoms with E-state index in [9.17, 15) is 0 Å². The predicted molar refractivity (Wildman–Crippen MR) is 170 cm³/mol. The molecule has 0 saturated heterocycles. The average Bonchev–Trinajstić information content (AvgIpc) is 2.69. The third-order valence-electron chi connectivity index (χ3n) is 12.6. The van der Waals surface area contributed by atoms with Gasteiger partial charge in [-0.15, -0.1) is 11.6 Å². The van der Waals surface area contributed by atoms with Gasteiger partial charge in [-0.3, -0.25) is 0 Å². The van der Waals surface area contributed by atoms with E-state index < -0.39 is 0 Å². The molecule has 0 bridgehead atoms. The molecule has 0 aromatic rings. The fraction of sp³-hybridized carbons (Fsp3) is 1.00. The molecule has 0 heterocycles. The van der Waals surface area contributed by atoms with Gasteiger partial charge in [-0.2, -0.15) is 0 Å². The molecule has 1 aliphatic rings. The van der Waals surface area contributed by atoms with E-state index >= 15 is 0 Å². The minimum atomic E-state index is -0.376. The van der Waals surface area contributed by atoms with Crippen LogP contribution in [0.4, 0.5) is 0 Å². The summed E-state index contributed by atoms with van der Waals surface area (Å²) in [6, 6.07) is 0. The molecule has 37 heavy (non-hydrogen) atoms. The summed E-state index contributed by atoms with van der Waals surface area (Å²) in [7, 11) is 0. The fourth-order valence-corrected chi connectivity index (χ4v) is 14.8. The topological polar surface area (TPSA) is 0 Å². The van der Waals surface area contributed by atoms with Crippen molar-refractivity contribution >= 4 is 11.6 Å². The Morgan fingerprint density at radius 3 is 0.676 bits per heavy atom. The zero-order valence-corrected chi connectivity index (χ0v) is 30.0. The second-order valence-electron chi connectivity index (χ2n) is 16.4. The van der Waals surface area contributed by atoms with Gasteiger partial charge in [0.15, 0.2) is 0 Å². The summed E-state index contributed by atoms with van der Waals surface area (Å²) in [4.78, 5) is -0.376. The van der Waals surface area contributed by atoms with E-state index in [4.69, 9.17) is 11.6 Å². The van der Waals surface area contributed by atoms with Crippen molar-refractivity contribution in [3.63, 3.8) is 0 Å². The van der Waals surface area contributed by atoms with E-state index in [1.807, 2.05) is 0 Å². The Hall–Kier alpha value is 0.290. The first-order valence-corrected chi connectivity index (χ1v) is 16.6. The molecule has 1 saturated carbocycles. The van der Waals surface area contributed by atoms with Gasteiger partial charge in [0.2, 0.25) is 0 Å². The number of halogens is 1. The van der Waals surface area contributed by atoms with Crippen LogP contribution >= 0.6 is 11.6 Å². The molecule has 0 spiro atoms. The molecule has 222 valence electrons. The lowest BCUT2D eigenvalue weighted by Crippen LogP contribution is -2.86. The highest BCUT2D eigenvalue weighted by Gasteiger charge is 2.85. The van der Waals surface area contributed by atoms with Gasteiger partial charge in [0, 0.05) is 10.8 Å². The molecule has 1 aliphatic carbocycles.